The Kier molecular flexibility index (Phi) is 5.37. The average Bonchev–Trinajstić information content (AvgIpc) is 2.67. The second kappa shape index (κ2) is 7.70. The van der Waals surface area contributed by atoms with Gasteiger partial charge in [0.1, 0.15) is 11.4 Å². The van der Waals surface area contributed by atoms with E-state index < -0.39 is 5.82 Å². The molecule has 0 N–H and O–H groups in total. The maximum absolute atomic E-state index is 13.1. The first-order valence-corrected chi connectivity index (χ1v) is 8.41. The minimum absolute atomic E-state index is 0.0774. The molecular weight excluding hydrogens is 361 g/mol. The highest BCUT2D eigenvalue weighted by Crippen LogP contribution is 2.21. The van der Waals surface area contributed by atoms with Crippen LogP contribution in [0.5, 0.6) is 5.88 Å². The molecule has 0 radical (unpaired) electrons. The predicted molar refractivity (Wildman–Crippen MR) is 94.0 cm³/mol. The van der Waals surface area contributed by atoms with E-state index in [-0.39, 0.29) is 28.3 Å². The van der Waals surface area contributed by atoms with Crippen LogP contribution in [-0.4, -0.2) is 59.9 Å². The zero-order valence-electron chi connectivity index (χ0n) is 14.1. The molecule has 3 rings (SSSR count). The fourth-order valence-electron chi connectivity index (χ4n) is 2.83. The summed E-state index contributed by atoms with van der Waals surface area (Å²) >= 11 is 5.96. The van der Waals surface area contributed by atoms with E-state index in [4.69, 9.17) is 16.3 Å². The summed E-state index contributed by atoms with van der Waals surface area (Å²) in [5, 5.41) is 0.0774. The van der Waals surface area contributed by atoms with Crippen LogP contribution in [0.4, 0.5) is 4.39 Å². The summed E-state index contributed by atoms with van der Waals surface area (Å²) in [6.45, 7) is 1.48. The van der Waals surface area contributed by atoms with Crippen LogP contribution in [0.1, 0.15) is 20.7 Å². The Morgan fingerprint density at radius 2 is 1.69 bits per heavy atom. The third-order valence-electron chi connectivity index (χ3n) is 4.21. The number of amides is 2. The number of carbonyl (C=O) groups excluding carboxylic acids is 2. The lowest BCUT2D eigenvalue weighted by atomic mass is 10.1. The van der Waals surface area contributed by atoms with E-state index in [1.165, 1.54) is 19.2 Å². The van der Waals surface area contributed by atoms with E-state index in [1.807, 2.05) is 0 Å². The van der Waals surface area contributed by atoms with Crippen molar-refractivity contribution in [2.24, 2.45) is 0 Å². The molecule has 0 saturated carbocycles. The van der Waals surface area contributed by atoms with Crippen molar-refractivity contribution < 1.29 is 18.7 Å². The van der Waals surface area contributed by atoms with Crippen LogP contribution in [0.25, 0.3) is 0 Å². The summed E-state index contributed by atoms with van der Waals surface area (Å²) in [5.74, 6) is -0.690. The Morgan fingerprint density at radius 3 is 2.27 bits per heavy atom. The molecule has 2 heterocycles. The van der Waals surface area contributed by atoms with Crippen LogP contribution in [-0.2, 0) is 0 Å². The highest BCUT2D eigenvalue weighted by Gasteiger charge is 2.28. The van der Waals surface area contributed by atoms with Crippen LogP contribution in [0, 0.1) is 5.82 Å². The number of halogens is 2. The minimum Gasteiger partial charge on any atom is -0.480 e. The fourth-order valence-corrected chi connectivity index (χ4v) is 3.08. The number of benzene rings is 1. The molecular formula is C18H17ClFN3O3. The number of piperazine rings is 1. The maximum Gasteiger partial charge on any atom is 0.259 e. The summed E-state index contributed by atoms with van der Waals surface area (Å²) in [6, 6.07) is 7.02. The molecule has 0 atom stereocenters. The molecule has 26 heavy (non-hydrogen) atoms. The lowest BCUT2D eigenvalue weighted by Crippen LogP contribution is -2.50. The summed E-state index contributed by atoms with van der Waals surface area (Å²) in [4.78, 5) is 32.5. The largest absolute Gasteiger partial charge is 0.480 e. The second-order valence-electron chi connectivity index (χ2n) is 5.77. The highest BCUT2D eigenvalue weighted by molar-refractivity contribution is 6.33. The van der Waals surface area contributed by atoms with E-state index in [1.54, 1.807) is 28.1 Å². The first-order chi connectivity index (χ1) is 12.5. The first kappa shape index (κ1) is 18.1. The van der Waals surface area contributed by atoms with Crippen molar-refractivity contribution in [3.05, 3.63) is 58.5 Å². The third-order valence-corrected chi connectivity index (χ3v) is 4.52. The first-order valence-electron chi connectivity index (χ1n) is 8.04. The SMILES string of the molecule is COc1ncccc1C(=O)N1CCN(C(=O)c2ccc(F)cc2Cl)CC1. The molecule has 136 valence electrons. The van der Waals surface area contributed by atoms with Gasteiger partial charge in [-0.25, -0.2) is 9.37 Å². The van der Waals surface area contributed by atoms with Gasteiger partial charge in [-0.15, -0.1) is 0 Å². The quantitative estimate of drug-likeness (QED) is 0.824. The number of ether oxygens (including phenoxy) is 1. The molecule has 1 saturated heterocycles. The summed E-state index contributed by atoms with van der Waals surface area (Å²) in [6.07, 6.45) is 1.55. The summed E-state index contributed by atoms with van der Waals surface area (Å²) < 4.78 is 18.3. The van der Waals surface area contributed by atoms with Gasteiger partial charge in [-0.05, 0) is 30.3 Å². The van der Waals surface area contributed by atoms with Crippen molar-refractivity contribution in [3.63, 3.8) is 0 Å². The van der Waals surface area contributed by atoms with Gasteiger partial charge in [0.25, 0.3) is 11.8 Å². The van der Waals surface area contributed by atoms with Gasteiger partial charge in [0.2, 0.25) is 5.88 Å². The number of hydrogen-bond donors (Lipinski definition) is 0. The van der Waals surface area contributed by atoms with Crippen LogP contribution in [0.3, 0.4) is 0 Å². The standard InChI is InChI=1S/C18H17ClFN3O3/c1-26-16-14(3-2-6-21-16)18(25)23-9-7-22(8-10-23)17(24)13-5-4-12(20)11-15(13)19/h2-6,11H,7-10H2,1H3. The molecule has 1 fully saturated rings. The van der Waals surface area contributed by atoms with Gasteiger partial charge < -0.3 is 14.5 Å². The number of rotatable bonds is 3. The zero-order chi connectivity index (χ0) is 18.7. The molecule has 0 spiro atoms. The fraction of sp³-hybridized carbons (Fsp3) is 0.278. The normalized spacial score (nSPS) is 14.3. The predicted octanol–water partition coefficient (Wildman–Crippen LogP) is 2.48. The lowest BCUT2D eigenvalue weighted by molar-refractivity contribution is 0.0533. The Labute approximate surface area is 155 Å². The third kappa shape index (κ3) is 3.62. The van der Waals surface area contributed by atoms with Crippen molar-refractivity contribution in [1.29, 1.82) is 0 Å². The van der Waals surface area contributed by atoms with E-state index in [2.05, 4.69) is 4.98 Å². The van der Waals surface area contributed by atoms with Gasteiger partial charge in [-0.2, -0.15) is 0 Å². The Hall–Kier alpha value is -2.67. The average molecular weight is 378 g/mol. The molecule has 6 nitrogen and oxygen atoms in total. The van der Waals surface area contributed by atoms with Crippen molar-refractivity contribution >= 4 is 23.4 Å². The van der Waals surface area contributed by atoms with Crippen molar-refractivity contribution in [2.75, 3.05) is 33.3 Å². The summed E-state index contributed by atoms with van der Waals surface area (Å²) in [5.41, 5.74) is 0.637. The van der Waals surface area contributed by atoms with Crippen LogP contribution in [0.2, 0.25) is 5.02 Å². The van der Waals surface area contributed by atoms with Crippen molar-refractivity contribution in [2.45, 2.75) is 0 Å². The topological polar surface area (TPSA) is 62.7 Å². The lowest BCUT2D eigenvalue weighted by Gasteiger charge is -2.35. The number of methoxy groups -OCH3 is 1. The van der Waals surface area contributed by atoms with E-state index in [9.17, 15) is 14.0 Å². The zero-order valence-corrected chi connectivity index (χ0v) is 14.9. The van der Waals surface area contributed by atoms with Gasteiger partial charge in [0, 0.05) is 32.4 Å². The number of aromatic nitrogens is 1. The van der Waals surface area contributed by atoms with E-state index in [0.717, 1.165) is 6.07 Å². The molecule has 0 bridgehead atoms. The molecule has 1 aliphatic rings. The van der Waals surface area contributed by atoms with E-state index >= 15 is 0 Å². The molecule has 2 aromatic rings. The molecule has 1 aromatic carbocycles. The van der Waals surface area contributed by atoms with Gasteiger partial charge in [0.15, 0.2) is 0 Å². The smallest absolute Gasteiger partial charge is 0.259 e. The molecule has 8 heteroatoms. The van der Waals surface area contributed by atoms with E-state index in [0.29, 0.717) is 31.7 Å². The minimum atomic E-state index is -0.493. The highest BCUT2D eigenvalue weighted by atomic mass is 35.5. The molecule has 0 aliphatic carbocycles. The molecule has 1 aromatic heterocycles. The van der Waals surface area contributed by atoms with Crippen LogP contribution in [0.15, 0.2) is 36.5 Å². The van der Waals surface area contributed by atoms with Gasteiger partial charge in [0.05, 0.1) is 17.7 Å². The molecule has 1 aliphatic heterocycles. The van der Waals surface area contributed by atoms with Gasteiger partial charge in [-0.3, -0.25) is 9.59 Å². The Balaban J connectivity index is 1.67. The number of pyridine rings is 1. The molecule has 2 amide bonds. The monoisotopic (exact) mass is 377 g/mol. The van der Waals surface area contributed by atoms with Crippen molar-refractivity contribution in [1.82, 2.24) is 14.8 Å². The number of carbonyl (C=O) groups is 2. The molecule has 0 unspecified atom stereocenters. The number of hydrogen-bond acceptors (Lipinski definition) is 4. The van der Waals surface area contributed by atoms with Gasteiger partial charge in [-0.1, -0.05) is 11.6 Å². The number of nitrogens with zero attached hydrogens (tertiary/aromatic N) is 3. The van der Waals surface area contributed by atoms with Crippen LogP contribution >= 0.6 is 11.6 Å². The van der Waals surface area contributed by atoms with Gasteiger partial charge >= 0.3 is 0 Å². The second-order valence-corrected chi connectivity index (χ2v) is 6.18. The maximum atomic E-state index is 13.1. The Bertz CT molecular complexity index is 838. The Morgan fingerprint density at radius 1 is 1.08 bits per heavy atom. The van der Waals surface area contributed by atoms with Crippen LogP contribution < -0.4 is 4.74 Å². The van der Waals surface area contributed by atoms with Crippen molar-refractivity contribution in [3.8, 4) is 5.88 Å². The summed E-state index contributed by atoms with van der Waals surface area (Å²) in [7, 11) is 1.46.